The van der Waals surface area contributed by atoms with Gasteiger partial charge in [0.2, 0.25) is 10.0 Å². The van der Waals surface area contributed by atoms with E-state index in [1.807, 2.05) is 24.3 Å². The molecule has 180 valence electrons. The van der Waals surface area contributed by atoms with E-state index in [0.29, 0.717) is 30.3 Å². The van der Waals surface area contributed by atoms with Crippen molar-refractivity contribution in [3.05, 3.63) is 65.7 Å². The van der Waals surface area contributed by atoms with Crippen molar-refractivity contribution in [2.45, 2.75) is 17.6 Å². The number of carbonyl (C=O) groups is 1. The van der Waals surface area contributed by atoms with E-state index in [4.69, 9.17) is 5.14 Å². The number of primary sulfonamides is 1. The summed E-state index contributed by atoms with van der Waals surface area (Å²) in [6, 6.07) is 11.7. The van der Waals surface area contributed by atoms with E-state index in [-0.39, 0.29) is 21.8 Å². The number of amides is 2. The summed E-state index contributed by atoms with van der Waals surface area (Å²) in [6.07, 6.45) is 2.43. The lowest BCUT2D eigenvalue weighted by Gasteiger charge is -2.34. The van der Waals surface area contributed by atoms with Crippen LogP contribution in [-0.4, -0.2) is 37.5 Å². The molecule has 0 aliphatic carbocycles. The van der Waals surface area contributed by atoms with Crippen LogP contribution in [0.1, 0.15) is 12.1 Å². The lowest BCUT2D eigenvalue weighted by atomic mass is 9.98. The number of nitrogens with two attached hydrogens (primary N) is 1. The molecule has 0 saturated carbocycles. The van der Waals surface area contributed by atoms with Crippen molar-refractivity contribution in [3.63, 3.8) is 0 Å². The van der Waals surface area contributed by atoms with E-state index in [1.54, 1.807) is 29.6 Å². The van der Waals surface area contributed by atoms with Crippen LogP contribution in [0.5, 0.6) is 0 Å². The summed E-state index contributed by atoms with van der Waals surface area (Å²) in [7, 11) is -3.91. The Morgan fingerprint density at radius 3 is 2.46 bits per heavy atom. The standard InChI is InChI=1S/C23H20FN5O3S3/c1-14-21(35(25,31)32)34-22(27-14)29-10-2-9-28(23(29)30)17-6-3-15(4-7-17)19-11-16(24)5-8-18(19)20-12-26-13-33-20/h3-8,11-13H,2,9-10H2,1H3,(H2,25,31,32). The molecule has 0 atom stereocenters. The molecule has 0 spiro atoms. The highest BCUT2D eigenvalue weighted by Gasteiger charge is 2.31. The first-order chi connectivity index (χ1) is 16.7. The van der Waals surface area contributed by atoms with Crippen LogP contribution in [-0.2, 0) is 10.0 Å². The maximum absolute atomic E-state index is 14.1. The number of nitrogens with zero attached hydrogens (tertiary/aromatic N) is 4. The van der Waals surface area contributed by atoms with E-state index >= 15 is 0 Å². The van der Waals surface area contributed by atoms with Crippen molar-refractivity contribution in [1.82, 2.24) is 9.97 Å². The third-order valence-electron chi connectivity index (χ3n) is 5.63. The van der Waals surface area contributed by atoms with E-state index in [0.717, 1.165) is 32.9 Å². The fourth-order valence-corrected chi connectivity index (χ4v) is 6.66. The molecule has 1 aliphatic rings. The molecule has 2 N–H and O–H groups in total. The van der Waals surface area contributed by atoms with Crippen LogP contribution in [0.25, 0.3) is 21.6 Å². The Hall–Kier alpha value is -3.19. The minimum Gasteiger partial charge on any atom is -0.294 e. The van der Waals surface area contributed by atoms with Gasteiger partial charge < -0.3 is 0 Å². The summed E-state index contributed by atoms with van der Waals surface area (Å²) in [4.78, 5) is 25.7. The van der Waals surface area contributed by atoms with Crippen LogP contribution in [0.3, 0.4) is 0 Å². The van der Waals surface area contributed by atoms with Gasteiger partial charge in [-0.15, -0.1) is 11.3 Å². The molecule has 2 amide bonds. The van der Waals surface area contributed by atoms with Crippen molar-refractivity contribution in [2.24, 2.45) is 5.14 Å². The van der Waals surface area contributed by atoms with Crippen molar-refractivity contribution in [1.29, 1.82) is 0 Å². The van der Waals surface area contributed by atoms with E-state index < -0.39 is 10.0 Å². The molecule has 1 aliphatic heterocycles. The molecule has 5 rings (SSSR count). The second-order valence-corrected chi connectivity index (χ2v) is 11.6. The van der Waals surface area contributed by atoms with Crippen LogP contribution < -0.4 is 14.9 Å². The molecule has 2 aromatic carbocycles. The molecule has 4 aromatic rings. The molecule has 0 bridgehead atoms. The Bertz CT molecular complexity index is 1500. The van der Waals surface area contributed by atoms with Gasteiger partial charge in [0.05, 0.1) is 16.1 Å². The van der Waals surface area contributed by atoms with Gasteiger partial charge in [-0.3, -0.25) is 14.8 Å². The van der Waals surface area contributed by atoms with Crippen molar-refractivity contribution >= 4 is 49.5 Å². The van der Waals surface area contributed by atoms with Gasteiger partial charge in [-0.25, -0.2) is 27.7 Å². The zero-order valence-electron chi connectivity index (χ0n) is 18.5. The largest absolute Gasteiger partial charge is 0.330 e. The molecule has 2 aromatic heterocycles. The van der Waals surface area contributed by atoms with Crippen LogP contribution in [0.2, 0.25) is 0 Å². The number of halogens is 1. The highest BCUT2D eigenvalue weighted by atomic mass is 32.2. The average molecular weight is 530 g/mol. The molecule has 8 nitrogen and oxygen atoms in total. The van der Waals surface area contributed by atoms with Gasteiger partial charge in [0.1, 0.15) is 5.82 Å². The SMILES string of the molecule is Cc1nc(N2CCCN(c3ccc(-c4cc(F)ccc4-c4cncs4)cc3)C2=O)sc1S(N)(=O)=O. The number of hydrogen-bond acceptors (Lipinski definition) is 7. The Morgan fingerprint density at radius 1 is 1.06 bits per heavy atom. The third kappa shape index (κ3) is 4.57. The van der Waals surface area contributed by atoms with E-state index in [1.165, 1.54) is 28.4 Å². The maximum Gasteiger partial charge on any atom is 0.330 e. The van der Waals surface area contributed by atoms with E-state index in [9.17, 15) is 17.6 Å². The van der Waals surface area contributed by atoms with Crippen molar-refractivity contribution in [3.8, 4) is 21.6 Å². The zero-order valence-corrected chi connectivity index (χ0v) is 21.0. The predicted octanol–water partition coefficient (Wildman–Crippen LogP) is 4.87. The second kappa shape index (κ2) is 9.11. The highest BCUT2D eigenvalue weighted by molar-refractivity contribution is 7.91. The quantitative estimate of drug-likeness (QED) is 0.397. The Morgan fingerprint density at radius 2 is 1.80 bits per heavy atom. The first-order valence-corrected chi connectivity index (χ1v) is 13.8. The highest BCUT2D eigenvalue weighted by Crippen LogP contribution is 2.36. The number of thiazole rings is 2. The molecule has 1 fully saturated rings. The predicted molar refractivity (Wildman–Crippen MR) is 136 cm³/mol. The fraction of sp³-hybridized carbons (Fsp3) is 0.174. The number of sulfonamides is 1. The average Bonchev–Trinajstić information content (AvgIpc) is 3.49. The summed E-state index contributed by atoms with van der Waals surface area (Å²) >= 11 is 2.37. The fourth-order valence-electron chi connectivity index (χ4n) is 4.03. The lowest BCUT2D eigenvalue weighted by molar-refractivity contribution is 0.248. The monoisotopic (exact) mass is 529 g/mol. The smallest absolute Gasteiger partial charge is 0.294 e. The lowest BCUT2D eigenvalue weighted by Crippen LogP contribution is -2.49. The molecule has 1 saturated heterocycles. The van der Waals surface area contributed by atoms with Gasteiger partial charge in [-0.1, -0.05) is 23.5 Å². The number of rotatable bonds is 5. The molecule has 0 radical (unpaired) electrons. The molecular weight excluding hydrogens is 509 g/mol. The summed E-state index contributed by atoms with van der Waals surface area (Å²) in [5.74, 6) is -0.336. The number of carbonyl (C=O) groups excluding carboxylic acids is 1. The van der Waals surface area contributed by atoms with Gasteiger partial charge in [0, 0.05) is 30.5 Å². The summed E-state index contributed by atoms with van der Waals surface area (Å²) < 4.78 is 37.6. The molecule has 12 heteroatoms. The van der Waals surface area contributed by atoms with Gasteiger partial charge in [-0.2, -0.15) is 0 Å². The van der Waals surface area contributed by atoms with Crippen LogP contribution >= 0.6 is 22.7 Å². The number of aryl methyl sites for hydroxylation is 1. The van der Waals surface area contributed by atoms with Crippen LogP contribution in [0.15, 0.2) is 58.4 Å². The van der Waals surface area contributed by atoms with Crippen LogP contribution in [0, 0.1) is 12.7 Å². The third-order valence-corrected chi connectivity index (χ3v) is 9.17. The first-order valence-electron chi connectivity index (χ1n) is 10.6. The molecule has 3 heterocycles. The second-order valence-electron chi connectivity index (χ2n) is 7.96. The zero-order chi connectivity index (χ0) is 24.7. The minimum absolute atomic E-state index is 0.0476. The number of urea groups is 1. The van der Waals surface area contributed by atoms with Gasteiger partial charge >= 0.3 is 6.03 Å². The first kappa shape index (κ1) is 23.5. The van der Waals surface area contributed by atoms with Crippen molar-refractivity contribution < 1.29 is 17.6 Å². The Kier molecular flexibility index (Phi) is 6.13. The van der Waals surface area contributed by atoms with Crippen LogP contribution in [0.4, 0.5) is 20.0 Å². The minimum atomic E-state index is -3.91. The van der Waals surface area contributed by atoms with Gasteiger partial charge in [0.25, 0.3) is 0 Å². The molecule has 35 heavy (non-hydrogen) atoms. The molecule has 0 unspecified atom stereocenters. The molecular formula is C23H20FN5O3S3. The topological polar surface area (TPSA) is 109 Å². The Labute approximate surface area is 209 Å². The maximum atomic E-state index is 14.1. The van der Waals surface area contributed by atoms with Crippen molar-refractivity contribution in [2.75, 3.05) is 22.9 Å². The normalized spacial score (nSPS) is 14.5. The number of aromatic nitrogens is 2. The number of hydrogen-bond donors (Lipinski definition) is 1. The number of anilines is 2. The Balaban J connectivity index is 1.44. The van der Waals surface area contributed by atoms with Gasteiger partial charge in [-0.05, 0) is 54.8 Å². The summed E-state index contributed by atoms with van der Waals surface area (Å²) in [6.45, 7) is 2.48. The summed E-state index contributed by atoms with van der Waals surface area (Å²) in [5.41, 5.74) is 5.11. The number of benzene rings is 2. The van der Waals surface area contributed by atoms with E-state index in [2.05, 4.69) is 9.97 Å². The summed E-state index contributed by atoms with van der Waals surface area (Å²) in [5, 5.41) is 5.57. The van der Waals surface area contributed by atoms with Gasteiger partial charge in [0.15, 0.2) is 9.34 Å².